The van der Waals surface area contributed by atoms with Gasteiger partial charge in [0.25, 0.3) is 0 Å². The van der Waals surface area contributed by atoms with E-state index in [0.717, 1.165) is 19.3 Å². The Balaban J connectivity index is 1.55. The van der Waals surface area contributed by atoms with Crippen molar-refractivity contribution in [3.63, 3.8) is 0 Å². The Morgan fingerprint density at radius 3 is 2.52 bits per heavy atom. The highest BCUT2D eigenvalue weighted by Gasteiger charge is 2.20. The van der Waals surface area contributed by atoms with E-state index in [1.807, 2.05) is 12.1 Å². The third kappa shape index (κ3) is 5.02. The van der Waals surface area contributed by atoms with E-state index in [0.29, 0.717) is 21.4 Å². The molecule has 0 heterocycles. The zero-order valence-corrected chi connectivity index (χ0v) is 16.5. The van der Waals surface area contributed by atoms with Crippen molar-refractivity contribution >= 4 is 35.0 Å². The normalized spacial score (nSPS) is 14.2. The van der Waals surface area contributed by atoms with Crippen LogP contribution in [-0.2, 0) is 22.4 Å². The number of ether oxygens (including phenoxy) is 2. The summed E-state index contributed by atoms with van der Waals surface area (Å²) in [5, 5.41) is 0.769. The van der Waals surface area contributed by atoms with E-state index in [-0.39, 0.29) is 12.4 Å². The van der Waals surface area contributed by atoms with Crippen LogP contribution >= 0.6 is 23.2 Å². The van der Waals surface area contributed by atoms with Crippen molar-refractivity contribution in [1.82, 2.24) is 0 Å². The lowest BCUT2D eigenvalue weighted by molar-refractivity contribution is -0.149. The first-order chi connectivity index (χ1) is 12.9. The Labute approximate surface area is 168 Å². The van der Waals surface area contributed by atoms with Crippen molar-refractivity contribution in [2.24, 2.45) is 0 Å². The highest BCUT2D eigenvalue weighted by molar-refractivity contribution is 6.35. The molecule has 3 rings (SSSR count). The Bertz CT molecular complexity index is 863. The van der Waals surface area contributed by atoms with E-state index in [1.54, 1.807) is 18.2 Å². The Kier molecular flexibility index (Phi) is 6.40. The third-order valence-corrected chi connectivity index (χ3v) is 5.08. The average molecular weight is 407 g/mol. The van der Waals surface area contributed by atoms with E-state index in [4.69, 9.17) is 32.7 Å². The van der Waals surface area contributed by atoms with Crippen molar-refractivity contribution in [3.8, 4) is 5.75 Å². The minimum absolute atomic E-state index is 0.228. The molecular weight excluding hydrogens is 387 g/mol. The molecule has 1 aliphatic rings. The monoisotopic (exact) mass is 406 g/mol. The van der Waals surface area contributed by atoms with E-state index in [1.165, 1.54) is 30.5 Å². The van der Waals surface area contributed by atoms with E-state index in [9.17, 15) is 9.59 Å². The summed E-state index contributed by atoms with van der Waals surface area (Å²) < 4.78 is 10.6. The number of aryl methyl sites for hydroxylation is 2. The summed E-state index contributed by atoms with van der Waals surface area (Å²) in [6.07, 6.45) is 3.47. The van der Waals surface area contributed by atoms with Gasteiger partial charge in [0.2, 0.25) is 0 Å². The second kappa shape index (κ2) is 8.77. The highest BCUT2D eigenvalue weighted by atomic mass is 35.5. The molecule has 0 unspecified atom stereocenters. The molecule has 4 nitrogen and oxygen atoms in total. The molecule has 0 radical (unpaired) electrons. The summed E-state index contributed by atoms with van der Waals surface area (Å²) in [5.74, 6) is -0.535. The number of halogens is 2. The van der Waals surface area contributed by atoms with Crippen LogP contribution in [0.15, 0.2) is 36.4 Å². The molecule has 27 heavy (non-hydrogen) atoms. The van der Waals surface area contributed by atoms with Gasteiger partial charge in [-0.2, -0.15) is 0 Å². The summed E-state index contributed by atoms with van der Waals surface area (Å²) >= 11 is 11.9. The van der Waals surface area contributed by atoms with Crippen LogP contribution in [0.3, 0.4) is 0 Å². The largest absolute Gasteiger partial charge is 0.477 e. The van der Waals surface area contributed by atoms with Crippen molar-refractivity contribution in [2.75, 3.05) is 6.61 Å². The Hall–Kier alpha value is -2.04. The maximum Gasteiger partial charge on any atom is 0.347 e. The van der Waals surface area contributed by atoms with Crippen molar-refractivity contribution in [3.05, 3.63) is 63.1 Å². The van der Waals surface area contributed by atoms with Crippen LogP contribution in [0.2, 0.25) is 10.0 Å². The van der Waals surface area contributed by atoms with Gasteiger partial charge in [-0.25, -0.2) is 4.79 Å². The van der Waals surface area contributed by atoms with Crippen molar-refractivity contribution < 1.29 is 19.1 Å². The summed E-state index contributed by atoms with van der Waals surface area (Å²) in [6, 6.07) is 10.4. The topological polar surface area (TPSA) is 52.6 Å². The van der Waals surface area contributed by atoms with Gasteiger partial charge >= 0.3 is 5.97 Å². The van der Waals surface area contributed by atoms with Crippen LogP contribution in [0.1, 0.15) is 41.3 Å². The lowest BCUT2D eigenvalue weighted by Crippen LogP contribution is -2.28. The third-order valence-electron chi connectivity index (χ3n) is 4.55. The van der Waals surface area contributed by atoms with Gasteiger partial charge in [-0.3, -0.25) is 4.79 Å². The first kappa shape index (κ1) is 19.7. The molecule has 0 N–H and O–H groups in total. The predicted molar refractivity (Wildman–Crippen MR) is 105 cm³/mol. The lowest BCUT2D eigenvalue weighted by atomic mass is 9.90. The Morgan fingerprint density at radius 1 is 1.04 bits per heavy atom. The molecule has 0 saturated heterocycles. The first-order valence-electron chi connectivity index (χ1n) is 8.87. The molecule has 0 aromatic heterocycles. The van der Waals surface area contributed by atoms with Gasteiger partial charge < -0.3 is 9.47 Å². The number of ketones is 1. The molecule has 0 amide bonds. The van der Waals surface area contributed by atoms with Gasteiger partial charge in [-0.05, 0) is 68.0 Å². The molecule has 1 aliphatic carbocycles. The zero-order chi connectivity index (χ0) is 19.4. The molecule has 0 aliphatic heterocycles. The van der Waals surface area contributed by atoms with Gasteiger partial charge in [0, 0.05) is 10.6 Å². The molecular formula is C21H20Cl2O4. The molecule has 0 fully saturated rings. The summed E-state index contributed by atoms with van der Waals surface area (Å²) in [7, 11) is 0. The number of carbonyl (C=O) groups excluding carboxylic acids is 2. The smallest absolute Gasteiger partial charge is 0.347 e. The number of benzene rings is 2. The SMILES string of the molecule is C[C@H](Oc1ccc(Cl)cc1Cl)C(=O)OCC(=O)c1ccc2c(c1)CCCC2. The standard InChI is InChI=1S/C21H20Cl2O4/c1-13(27-20-9-8-17(22)11-18(20)23)21(25)26-12-19(24)16-7-6-14-4-2-3-5-15(14)10-16/h6-11,13H,2-5,12H2,1H3/t13-/m0/s1. The number of hydrogen-bond donors (Lipinski definition) is 0. The second-order valence-electron chi connectivity index (χ2n) is 6.56. The minimum Gasteiger partial charge on any atom is -0.477 e. The summed E-state index contributed by atoms with van der Waals surface area (Å²) in [6.45, 7) is 1.22. The number of rotatable bonds is 6. The van der Waals surface area contributed by atoms with E-state index >= 15 is 0 Å². The number of hydrogen-bond acceptors (Lipinski definition) is 4. The van der Waals surface area contributed by atoms with E-state index < -0.39 is 12.1 Å². The van der Waals surface area contributed by atoms with Crippen LogP contribution in [-0.4, -0.2) is 24.5 Å². The molecule has 2 aromatic carbocycles. The van der Waals surface area contributed by atoms with Gasteiger partial charge in [0.05, 0.1) is 5.02 Å². The van der Waals surface area contributed by atoms with Gasteiger partial charge in [-0.15, -0.1) is 0 Å². The fraction of sp³-hybridized carbons (Fsp3) is 0.333. The molecule has 142 valence electrons. The van der Waals surface area contributed by atoms with Crippen LogP contribution < -0.4 is 4.74 Å². The maximum atomic E-state index is 12.4. The quantitative estimate of drug-likeness (QED) is 0.496. The predicted octanol–water partition coefficient (Wildman–Crippen LogP) is 5.07. The van der Waals surface area contributed by atoms with Crippen molar-refractivity contribution in [2.45, 2.75) is 38.7 Å². The number of esters is 1. The number of carbonyl (C=O) groups is 2. The molecule has 0 spiro atoms. The molecule has 0 bridgehead atoms. The van der Waals surface area contributed by atoms with Crippen LogP contribution in [0.4, 0.5) is 0 Å². The van der Waals surface area contributed by atoms with Gasteiger partial charge in [0.1, 0.15) is 5.75 Å². The van der Waals surface area contributed by atoms with Gasteiger partial charge in [-0.1, -0.05) is 35.3 Å². The highest BCUT2D eigenvalue weighted by Crippen LogP contribution is 2.28. The van der Waals surface area contributed by atoms with Crippen LogP contribution in [0.5, 0.6) is 5.75 Å². The fourth-order valence-corrected chi connectivity index (χ4v) is 3.51. The molecule has 1 atom stereocenters. The Morgan fingerprint density at radius 2 is 1.78 bits per heavy atom. The van der Waals surface area contributed by atoms with Crippen LogP contribution in [0, 0.1) is 0 Å². The minimum atomic E-state index is -0.903. The molecule has 6 heteroatoms. The second-order valence-corrected chi connectivity index (χ2v) is 7.40. The van der Waals surface area contributed by atoms with Gasteiger partial charge in [0.15, 0.2) is 18.5 Å². The van der Waals surface area contributed by atoms with Crippen molar-refractivity contribution in [1.29, 1.82) is 0 Å². The van der Waals surface area contributed by atoms with E-state index in [2.05, 4.69) is 0 Å². The first-order valence-corrected chi connectivity index (χ1v) is 9.63. The average Bonchev–Trinajstić information content (AvgIpc) is 2.67. The summed E-state index contributed by atoms with van der Waals surface area (Å²) in [5.41, 5.74) is 3.09. The number of fused-ring (bicyclic) bond motifs is 1. The molecule has 0 saturated carbocycles. The fourth-order valence-electron chi connectivity index (χ4n) is 3.05. The number of Topliss-reactive ketones (excluding diaryl/α,β-unsaturated/α-hetero) is 1. The molecule has 2 aromatic rings. The summed E-state index contributed by atoms with van der Waals surface area (Å²) in [4.78, 5) is 24.5. The zero-order valence-electron chi connectivity index (χ0n) is 15.0. The lowest BCUT2D eigenvalue weighted by Gasteiger charge is -2.17. The maximum absolute atomic E-state index is 12.4. The van der Waals surface area contributed by atoms with Crippen LogP contribution in [0.25, 0.3) is 0 Å².